The number of aliphatic hydroxyl groups is 2. The topological polar surface area (TPSA) is 58.6 Å². The molecule has 0 aromatic heterocycles. The van der Waals surface area contributed by atoms with Crippen LogP contribution in [0.2, 0.25) is 0 Å². The molecule has 23 heavy (non-hydrogen) atoms. The first kappa shape index (κ1) is 16.7. The van der Waals surface area contributed by atoms with E-state index in [4.69, 9.17) is 9.84 Å². The number of piperazine rings is 1. The predicted octanol–water partition coefficient (Wildman–Crippen LogP) is -2.31. The molecule has 5 heteroatoms. The fourth-order valence-corrected chi connectivity index (χ4v) is 3.79. The van der Waals surface area contributed by atoms with Crippen molar-refractivity contribution in [1.29, 1.82) is 0 Å². The third-order valence-corrected chi connectivity index (χ3v) is 5.17. The first-order valence-electron chi connectivity index (χ1n) is 8.95. The monoisotopic (exact) mass is 322 g/mol. The number of nitrogens with one attached hydrogen (secondary N) is 2. The summed E-state index contributed by atoms with van der Waals surface area (Å²) in [5, 5.41) is 19.2. The highest BCUT2D eigenvalue weighted by Gasteiger charge is 2.24. The van der Waals surface area contributed by atoms with Gasteiger partial charge in [0.2, 0.25) is 0 Å². The highest BCUT2D eigenvalue weighted by molar-refractivity contribution is 5.38. The summed E-state index contributed by atoms with van der Waals surface area (Å²) in [4.78, 5) is 2.91. The smallest absolute Gasteiger partial charge is 0.137 e. The minimum atomic E-state index is -0.419. The number of ether oxygens (including phenoxy) is 1. The van der Waals surface area contributed by atoms with E-state index in [0.717, 1.165) is 51.4 Å². The van der Waals surface area contributed by atoms with Gasteiger partial charge < -0.3 is 24.7 Å². The summed E-state index contributed by atoms with van der Waals surface area (Å²) in [6.45, 7) is 6.51. The Hall–Kier alpha value is -1.14. The van der Waals surface area contributed by atoms with Crippen LogP contribution in [0.3, 0.4) is 0 Å². The van der Waals surface area contributed by atoms with Crippen LogP contribution in [0.1, 0.15) is 17.5 Å². The standard InChI is InChI=1S/C18H28N2O3/c21-11-10-19-6-8-20(9-7-19)13-17(22)14-23-18-5-4-15-2-1-3-16(15)12-18/h4-5,12,17,21-22H,1-3,6-11,13-14H2/p+2/t17-/m0/s1. The van der Waals surface area contributed by atoms with E-state index in [2.05, 4.69) is 12.1 Å². The molecule has 1 heterocycles. The Bertz CT molecular complexity index is 501. The second-order valence-corrected chi connectivity index (χ2v) is 6.93. The van der Waals surface area contributed by atoms with Crippen LogP contribution >= 0.6 is 0 Å². The van der Waals surface area contributed by atoms with Gasteiger partial charge in [0.1, 0.15) is 57.7 Å². The normalized spacial score (nSPS) is 25.1. The van der Waals surface area contributed by atoms with Crippen molar-refractivity contribution in [1.82, 2.24) is 0 Å². The van der Waals surface area contributed by atoms with Crippen molar-refractivity contribution in [2.45, 2.75) is 25.4 Å². The molecule has 0 amide bonds. The minimum Gasteiger partial charge on any atom is -0.491 e. The predicted molar refractivity (Wildman–Crippen MR) is 88.2 cm³/mol. The molecule has 0 saturated carbocycles. The third kappa shape index (κ3) is 4.67. The lowest BCUT2D eigenvalue weighted by molar-refractivity contribution is -1.01. The van der Waals surface area contributed by atoms with Crippen LogP contribution in [0.15, 0.2) is 18.2 Å². The summed E-state index contributed by atoms with van der Waals surface area (Å²) in [6, 6.07) is 6.33. The van der Waals surface area contributed by atoms with Crippen LogP contribution in [0.4, 0.5) is 0 Å². The second-order valence-electron chi connectivity index (χ2n) is 6.93. The van der Waals surface area contributed by atoms with Gasteiger partial charge in [0.25, 0.3) is 0 Å². The number of hydrogen-bond donors (Lipinski definition) is 4. The maximum atomic E-state index is 10.2. The molecular weight excluding hydrogens is 292 g/mol. The molecule has 0 bridgehead atoms. The quantitative estimate of drug-likeness (QED) is 0.456. The second kappa shape index (κ2) is 8.11. The number of aryl methyl sites for hydroxylation is 2. The van der Waals surface area contributed by atoms with Crippen LogP contribution in [-0.4, -0.2) is 68.8 Å². The maximum Gasteiger partial charge on any atom is 0.137 e. The first-order chi connectivity index (χ1) is 11.2. The highest BCUT2D eigenvalue weighted by Crippen LogP contribution is 2.25. The molecule has 1 saturated heterocycles. The van der Waals surface area contributed by atoms with Gasteiger partial charge in [0, 0.05) is 0 Å². The van der Waals surface area contributed by atoms with Crippen molar-refractivity contribution >= 4 is 0 Å². The van der Waals surface area contributed by atoms with Crippen molar-refractivity contribution in [3.8, 4) is 5.75 Å². The molecule has 4 N–H and O–H groups in total. The molecule has 1 aliphatic heterocycles. The fraction of sp³-hybridized carbons (Fsp3) is 0.667. The van der Waals surface area contributed by atoms with Gasteiger partial charge >= 0.3 is 0 Å². The molecule has 5 nitrogen and oxygen atoms in total. The van der Waals surface area contributed by atoms with Crippen LogP contribution < -0.4 is 14.5 Å². The van der Waals surface area contributed by atoms with Crippen LogP contribution in [-0.2, 0) is 12.8 Å². The van der Waals surface area contributed by atoms with Crippen molar-refractivity contribution < 1.29 is 24.7 Å². The number of quaternary nitrogens is 2. The summed E-state index contributed by atoms with van der Waals surface area (Å²) >= 11 is 0. The van der Waals surface area contributed by atoms with E-state index in [9.17, 15) is 5.11 Å². The molecule has 2 aliphatic rings. The third-order valence-electron chi connectivity index (χ3n) is 5.17. The van der Waals surface area contributed by atoms with Crippen LogP contribution in [0.25, 0.3) is 0 Å². The Labute approximate surface area is 138 Å². The Morgan fingerprint density at radius 2 is 1.78 bits per heavy atom. The number of benzene rings is 1. The van der Waals surface area contributed by atoms with Gasteiger partial charge in [-0.2, -0.15) is 0 Å². The van der Waals surface area contributed by atoms with Crippen molar-refractivity contribution in [2.75, 3.05) is 52.5 Å². The maximum absolute atomic E-state index is 10.2. The zero-order chi connectivity index (χ0) is 16.1. The van der Waals surface area contributed by atoms with Crippen molar-refractivity contribution in [3.63, 3.8) is 0 Å². The van der Waals surface area contributed by atoms with Gasteiger partial charge in [0.15, 0.2) is 0 Å². The van der Waals surface area contributed by atoms with Crippen LogP contribution in [0, 0.1) is 0 Å². The number of fused-ring (bicyclic) bond motifs is 1. The lowest BCUT2D eigenvalue weighted by Gasteiger charge is -2.30. The van der Waals surface area contributed by atoms with Gasteiger partial charge in [0.05, 0.1) is 6.61 Å². The minimum absolute atomic E-state index is 0.266. The SMILES string of the molecule is OCC[NH+]1CC[NH+](C[C@H](O)COc2ccc3c(c2)CCC3)CC1. The van der Waals surface area contributed by atoms with E-state index in [1.54, 1.807) is 0 Å². The lowest BCUT2D eigenvalue weighted by Crippen LogP contribution is -3.28. The highest BCUT2D eigenvalue weighted by atomic mass is 16.5. The Morgan fingerprint density at radius 3 is 2.57 bits per heavy atom. The summed E-state index contributed by atoms with van der Waals surface area (Å²) in [6.07, 6.45) is 3.17. The molecule has 0 spiro atoms. The summed E-state index contributed by atoms with van der Waals surface area (Å²) in [5.41, 5.74) is 2.86. The van der Waals surface area contributed by atoms with Crippen LogP contribution in [0.5, 0.6) is 5.75 Å². The van der Waals surface area contributed by atoms with Gasteiger partial charge in [-0.25, -0.2) is 0 Å². The molecule has 0 unspecified atom stereocenters. The summed E-state index contributed by atoms with van der Waals surface area (Å²) in [7, 11) is 0. The fourth-order valence-electron chi connectivity index (χ4n) is 3.79. The molecule has 128 valence electrons. The number of rotatable bonds is 7. The molecular formula is C18H30N2O3+2. The Morgan fingerprint density at radius 1 is 1.04 bits per heavy atom. The van der Waals surface area contributed by atoms with E-state index in [1.165, 1.54) is 33.8 Å². The van der Waals surface area contributed by atoms with Gasteiger partial charge in [-0.3, -0.25) is 0 Å². The van der Waals surface area contributed by atoms with Gasteiger partial charge in [-0.05, 0) is 42.5 Å². The zero-order valence-corrected chi connectivity index (χ0v) is 13.9. The van der Waals surface area contributed by atoms with E-state index in [0.29, 0.717) is 6.61 Å². The first-order valence-corrected chi connectivity index (χ1v) is 8.95. The van der Waals surface area contributed by atoms with Gasteiger partial charge in [-0.15, -0.1) is 0 Å². The lowest BCUT2D eigenvalue weighted by atomic mass is 10.1. The molecule has 1 aromatic rings. The molecule has 3 rings (SSSR count). The summed E-state index contributed by atoms with van der Waals surface area (Å²) < 4.78 is 5.79. The van der Waals surface area contributed by atoms with E-state index in [1.807, 2.05) is 6.07 Å². The van der Waals surface area contributed by atoms with Crippen molar-refractivity contribution in [2.24, 2.45) is 0 Å². The largest absolute Gasteiger partial charge is 0.491 e. The molecule has 1 aromatic carbocycles. The zero-order valence-electron chi connectivity index (χ0n) is 13.9. The number of aliphatic hydroxyl groups excluding tert-OH is 2. The Balaban J connectivity index is 1.39. The van der Waals surface area contributed by atoms with E-state index < -0.39 is 6.10 Å². The Kier molecular flexibility index (Phi) is 5.89. The molecule has 1 fully saturated rings. The molecule has 1 aliphatic carbocycles. The molecule has 0 radical (unpaired) electrons. The average molecular weight is 322 g/mol. The van der Waals surface area contributed by atoms with E-state index in [-0.39, 0.29) is 6.61 Å². The average Bonchev–Trinajstić information content (AvgIpc) is 3.03. The number of hydrogen-bond acceptors (Lipinski definition) is 3. The van der Waals surface area contributed by atoms with E-state index >= 15 is 0 Å². The van der Waals surface area contributed by atoms with Crippen molar-refractivity contribution in [3.05, 3.63) is 29.3 Å². The molecule has 1 atom stereocenters. The summed E-state index contributed by atoms with van der Waals surface area (Å²) in [5.74, 6) is 0.886. The van der Waals surface area contributed by atoms with Gasteiger partial charge in [-0.1, -0.05) is 6.07 Å².